The van der Waals surface area contributed by atoms with Gasteiger partial charge in [-0.2, -0.15) is 0 Å². The van der Waals surface area contributed by atoms with Gasteiger partial charge in [-0.3, -0.25) is 4.90 Å². The first-order chi connectivity index (χ1) is 8.77. The summed E-state index contributed by atoms with van der Waals surface area (Å²) in [6.07, 6.45) is 6.82. The minimum Gasteiger partial charge on any atom is -0.297 e. The second-order valence-corrected chi connectivity index (χ2v) is 5.25. The van der Waals surface area contributed by atoms with Crippen molar-refractivity contribution in [2.75, 3.05) is 6.54 Å². The molecule has 18 heavy (non-hydrogen) atoms. The van der Waals surface area contributed by atoms with E-state index in [4.69, 9.17) is 0 Å². The van der Waals surface area contributed by atoms with Crippen LogP contribution in [-0.2, 0) is 6.54 Å². The van der Waals surface area contributed by atoms with Gasteiger partial charge in [-0.15, -0.1) is 0 Å². The summed E-state index contributed by atoms with van der Waals surface area (Å²) < 4.78 is 0. The van der Waals surface area contributed by atoms with Gasteiger partial charge in [0, 0.05) is 12.6 Å². The Kier molecular flexibility index (Phi) is 7.75. The van der Waals surface area contributed by atoms with Crippen LogP contribution in [0, 0.1) is 0 Å². The van der Waals surface area contributed by atoms with E-state index < -0.39 is 0 Å². The van der Waals surface area contributed by atoms with Gasteiger partial charge >= 0.3 is 0 Å². The first-order valence-electron chi connectivity index (χ1n) is 7.55. The quantitative estimate of drug-likeness (QED) is 0.563. The second-order valence-electron chi connectivity index (χ2n) is 5.25. The predicted octanol–water partition coefficient (Wildman–Crippen LogP) is 4.87. The molecule has 1 aromatic carbocycles. The minimum absolute atomic E-state index is 0.701. The Morgan fingerprint density at radius 3 is 2.33 bits per heavy atom. The van der Waals surface area contributed by atoms with Crippen LogP contribution in [0.1, 0.15) is 58.4 Å². The van der Waals surface area contributed by atoms with Gasteiger partial charge in [-0.1, -0.05) is 69.9 Å². The second kappa shape index (κ2) is 9.16. The highest BCUT2D eigenvalue weighted by Crippen LogP contribution is 2.13. The van der Waals surface area contributed by atoms with Gasteiger partial charge in [0.2, 0.25) is 0 Å². The van der Waals surface area contributed by atoms with Crippen LogP contribution in [0.15, 0.2) is 30.3 Å². The zero-order chi connectivity index (χ0) is 13.2. The molecule has 0 saturated heterocycles. The largest absolute Gasteiger partial charge is 0.297 e. The lowest BCUT2D eigenvalue weighted by Gasteiger charge is -2.28. The highest BCUT2D eigenvalue weighted by atomic mass is 15.1. The molecule has 0 heterocycles. The summed E-state index contributed by atoms with van der Waals surface area (Å²) in [5, 5.41) is 0. The molecular formula is C17H29N. The zero-order valence-corrected chi connectivity index (χ0v) is 12.4. The third kappa shape index (κ3) is 5.68. The van der Waals surface area contributed by atoms with Crippen molar-refractivity contribution >= 4 is 0 Å². The fourth-order valence-electron chi connectivity index (χ4n) is 2.45. The van der Waals surface area contributed by atoms with Crippen LogP contribution in [0.4, 0.5) is 0 Å². The summed E-state index contributed by atoms with van der Waals surface area (Å²) in [5.74, 6) is 0. The molecule has 1 heteroatoms. The van der Waals surface area contributed by atoms with E-state index in [1.54, 1.807) is 0 Å². The van der Waals surface area contributed by atoms with Gasteiger partial charge in [0.15, 0.2) is 0 Å². The van der Waals surface area contributed by atoms with Crippen molar-refractivity contribution in [1.82, 2.24) is 4.90 Å². The van der Waals surface area contributed by atoms with Gasteiger partial charge in [0.25, 0.3) is 0 Å². The Labute approximate surface area is 113 Å². The summed E-state index contributed by atoms with van der Waals surface area (Å²) >= 11 is 0. The lowest BCUT2D eigenvalue weighted by Crippen LogP contribution is -2.32. The Bertz CT molecular complexity index is 294. The molecule has 0 radical (unpaired) electrons. The van der Waals surface area contributed by atoms with Crippen molar-refractivity contribution < 1.29 is 0 Å². The molecule has 1 rings (SSSR count). The normalized spacial score (nSPS) is 12.9. The zero-order valence-electron chi connectivity index (χ0n) is 12.4. The van der Waals surface area contributed by atoms with Crippen molar-refractivity contribution in [2.24, 2.45) is 0 Å². The summed E-state index contributed by atoms with van der Waals surface area (Å²) in [7, 11) is 0. The standard InChI is InChI=1S/C17H29N/c1-4-6-7-9-12-16(3)18(5-2)15-17-13-10-8-11-14-17/h8,10-11,13-14,16H,4-7,9,12,15H2,1-3H3. The molecular weight excluding hydrogens is 218 g/mol. The van der Waals surface area contributed by atoms with E-state index in [-0.39, 0.29) is 0 Å². The fourth-order valence-corrected chi connectivity index (χ4v) is 2.45. The Hall–Kier alpha value is -0.820. The van der Waals surface area contributed by atoms with E-state index in [0.29, 0.717) is 6.04 Å². The van der Waals surface area contributed by atoms with E-state index in [0.717, 1.165) is 13.1 Å². The number of hydrogen-bond acceptors (Lipinski definition) is 1. The van der Waals surface area contributed by atoms with Crippen molar-refractivity contribution in [1.29, 1.82) is 0 Å². The van der Waals surface area contributed by atoms with Crippen LogP contribution in [0.5, 0.6) is 0 Å². The molecule has 102 valence electrons. The van der Waals surface area contributed by atoms with Crippen LogP contribution in [0.3, 0.4) is 0 Å². The van der Waals surface area contributed by atoms with Crippen molar-refractivity contribution in [3.63, 3.8) is 0 Å². The first-order valence-corrected chi connectivity index (χ1v) is 7.55. The Morgan fingerprint density at radius 1 is 1.00 bits per heavy atom. The van der Waals surface area contributed by atoms with Gasteiger partial charge in [-0.25, -0.2) is 0 Å². The number of rotatable bonds is 9. The van der Waals surface area contributed by atoms with Gasteiger partial charge in [-0.05, 0) is 25.5 Å². The first kappa shape index (κ1) is 15.2. The van der Waals surface area contributed by atoms with Crippen LogP contribution in [0.25, 0.3) is 0 Å². The summed E-state index contributed by atoms with van der Waals surface area (Å²) in [5.41, 5.74) is 1.43. The Morgan fingerprint density at radius 2 is 1.72 bits per heavy atom. The molecule has 0 aromatic heterocycles. The highest BCUT2D eigenvalue weighted by Gasteiger charge is 2.11. The third-order valence-electron chi connectivity index (χ3n) is 3.73. The molecule has 0 aliphatic carbocycles. The van der Waals surface area contributed by atoms with Crippen LogP contribution < -0.4 is 0 Å². The molecule has 0 spiro atoms. The summed E-state index contributed by atoms with van der Waals surface area (Å²) in [6.45, 7) is 9.15. The SMILES string of the molecule is CCCCCCC(C)N(CC)Cc1ccccc1. The predicted molar refractivity (Wildman–Crippen MR) is 80.7 cm³/mol. The van der Waals surface area contributed by atoms with E-state index in [2.05, 4.69) is 56.0 Å². The smallest absolute Gasteiger partial charge is 0.0236 e. The van der Waals surface area contributed by atoms with Crippen LogP contribution in [-0.4, -0.2) is 17.5 Å². The lowest BCUT2D eigenvalue weighted by atomic mass is 10.1. The molecule has 0 N–H and O–H groups in total. The molecule has 1 atom stereocenters. The average molecular weight is 247 g/mol. The molecule has 1 unspecified atom stereocenters. The molecule has 1 nitrogen and oxygen atoms in total. The number of nitrogens with zero attached hydrogens (tertiary/aromatic N) is 1. The molecule has 0 bridgehead atoms. The van der Waals surface area contributed by atoms with E-state index >= 15 is 0 Å². The van der Waals surface area contributed by atoms with E-state index in [9.17, 15) is 0 Å². The molecule has 0 fully saturated rings. The molecule has 0 saturated carbocycles. The van der Waals surface area contributed by atoms with Crippen molar-refractivity contribution in [2.45, 2.75) is 65.5 Å². The minimum atomic E-state index is 0.701. The summed E-state index contributed by atoms with van der Waals surface area (Å²) in [4.78, 5) is 2.58. The number of benzene rings is 1. The maximum atomic E-state index is 2.58. The maximum absolute atomic E-state index is 2.58. The summed E-state index contributed by atoms with van der Waals surface area (Å²) in [6, 6.07) is 11.5. The monoisotopic (exact) mass is 247 g/mol. The Balaban J connectivity index is 2.35. The van der Waals surface area contributed by atoms with E-state index in [1.807, 2.05) is 0 Å². The molecule has 1 aromatic rings. The van der Waals surface area contributed by atoms with Crippen molar-refractivity contribution in [3.05, 3.63) is 35.9 Å². The third-order valence-corrected chi connectivity index (χ3v) is 3.73. The topological polar surface area (TPSA) is 3.24 Å². The molecule has 0 amide bonds. The lowest BCUT2D eigenvalue weighted by molar-refractivity contribution is 0.197. The van der Waals surface area contributed by atoms with Crippen LogP contribution in [0.2, 0.25) is 0 Å². The van der Waals surface area contributed by atoms with Crippen molar-refractivity contribution in [3.8, 4) is 0 Å². The van der Waals surface area contributed by atoms with E-state index in [1.165, 1.54) is 37.7 Å². The molecule has 0 aliphatic rings. The molecule has 0 aliphatic heterocycles. The highest BCUT2D eigenvalue weighted by molar-refractivity contribution is 5.14. The van der Waals surface area contributed by atoms with Crippen LogP contribution >= 0.6 is 0 Å². The number of hydrogen-bond donors (Lipinski definition) is 0. The van der Waals surface area contributed by atoms with Gasteiger partial charge < -0.3 is 0 Å². The maximum Gasteiger partial charge on any atom is 0.0236 e. The number of unbranched alkanes of at least 4 members (excludes halogenated alkanes) is 3. The van der Waals surface area contributed by atoms with Gasteiger partial charge in [0.05, 0.1) is 0 Å². The average Bonchev–Trinajstić information content (AvgIpc) is 2.42. The van der Waals surface area contributed by atoms with Gasteiger partial charge in [0.1, 0.15) is 0 Å². The fraction of sp³-hybridized carbons (Fsp3) is 0.647.